The Morgan fingerprint density at radius 3 is 3.06 bits per heavy atom. The molecule has 0 aliphatic heterocycles. The number of oxime groups is 1. The Kier molecular flexibility index (Phi) is 4.31. The number of benzene rings is 1. The molecule has 92 valence electrons. The zero-order chi connectivity index (χ0) is 12.1. The van der Waals surface area contributed by atoms with Gasteiger partial charge in [-0.25, -0.2) is 0 Å². The molecule has 0 heterocycles. The summed E-state index contributed by atoms with van der Waals surface area (Å²) in [7, 11) is 0. The van der Waals surface area contributed by atoms with Crippen molar-refractivity contribution in [3.05, 3.63) is 29.3 Å². The number of aryl methyl sites for hydroxylation is 1. The minimum absolute atomic E-state index is 0.764. The van der Waals surface area contributed by atoms with Crippen LogP contribution in [0.15, 0.2) is 23.4 Å². The Bertz CT molecular complexity index is 418. The zero-order valence-electron chi connectivity index (χ0n) is 9.98. The molecule has 0 aromatic heterocycles. The second kappa shape index (κ2) is 5.96. The van der Waals surface area contributed by atoms with E-state index in [-0.39, 0.29) is 0 Å². The molecule has 4 heteroatoms. The van der Waals surface area contributed by atoms with Crippen molar-refractivity contribution in [2.45, 2.75) is 19.3 Å². The normalized spacial score (nSPS) is 16.2. The van der Waals surface area contributed by atoms with Gasteiger partial charge in [0.1, 0.15) is 5.75 Å². The van der Waals surface area contributed by atoms with E-state index in [1.54, 1.807) is 0 Å². The summed E-state index contributed by atoms with van der Waals surface area (Å²) >= 11 is 1.84. The van der Waals surface area contributed by atoms with Crippen LogP contribution in [-0.4, -0.2) is 29.5 Å². The van der Waals surface area contributed by atoms with E-state index >= 15 is 0 Å². The van der Waals surface area contributed by atoms with E-state index in [0.29, 0.717) is 0 Å². The van der Waals surface area contributed by atoms with Crippen molar-refractivity contribution in [1.82, 2.24) is 0 Å². The van der Waals surface area contributed by atoms with E-state index in [0.717, 1.165) is 48.6 Å². The van der Waals surface area contributed by atoms with Gasteiger partial charge < -0.3 is 9.94 Å². The standard InChI is InChI=1S/C13H17NO2S/c1-17-8-2-7-16-11-4-5-12-10(9-11)3-6-13(12)14-15/h4-5,9,15H,2-3,6-8H2,1H3/b14-13+. The molecule has 0 radical (unpaired) electrons. The summed E-state index contributed by atoms with van der Waals surface area (Å²) in [6.45, 7) is 0.764. The maximum absolute atomic E-state index is 8.84. The lowest BCUT2D eigenvalue weighted by Crippen LogP contribution is -1.99. The molecule has 0 saturated heterocycles. The highest BCUT2D eigenvalue weighted by Gasteiger charge is 2.18. The van der Waals surface area contributed by atoms with Crippen molar-refractivity contribution < 1.29 is 9.94 Å². The summed E-state index contributed by atoms with van der Waals surface area (Å²) in [6, 6.07) is 6.00. The van der Waals surface area contributed by atoms with Crippen LogP contribution in [0.2, 0.25) is 0 Å². The van der Waals surface area contributed by atoms with Gasteiger partial charge in [-0.3, -0.25) is 0 Å². The predicted octanol–water partition coefficient (Wildman–Crippen LogP) is 2.94. The maximum atomic E-state index is 8.84. The Morgan fingerprint density at radius 2 is 2.29 bits per heavy atom. The van der Waals surface area contributed by atoms with Crippen LogP contribution in [0.1, 0.15) is 24.0 Å². The van der Waals surface area contributed by atoms with Crippen LogP contribution in [0.5, 0.6) is 5.75 Å². The highest BCUT2D eigenvalue weighted by Crippen LogP contribution is 2.26. The van der Waals surface area contributed by atoms with E-state index in [1.165, 1.54) is 5.56 Å². The lowest BCUT2D eigenvalue weighted by molar-refractivity contribution is 0.318. The third-order valence-corrected chi connectivity index (χ3v) is 3.60. The van der Waals surface area contributed by atoms with E-state index < -0.39 is 0 Å². The monoisotopic (exact) mass is 251 g/mol. The summed E-state index contributed by atoms with van der Waals surface area (Å²) in [5.41, 5.74) is 3.07. The molecule has 0 saturated carbocycles. The summed E-state index contributed by atoms with van der Waals surface area (Å²) in [5.74, 6) is 2.05. The molecule has 2 rings (SSSR count). The molecule has 1 aromatic rings. The minimum Gasteiger partial charge on any atom is -0.494 e. The predicted molar refractivity (Wildman–Crippen MR) is 71.6 cm³/mol. The van der Waals surface area contributed by atoms with E-state index in [9.17, 15) is 0 Å². The fourth-order valence-electron chi connectivity index (χ4n) is 2.03. The summed E-state index contributed by atoms with van der Waals surface area (Å²) in [6.07, 6.45) is 4.94. The van der Waals surface area contributed by atoms with Crippen molar-refractivity contribution in [2.75, 3.05) is 18.6 Å². The number of hydrogen-bond acceptors (Lipinski definition) is 4. The Hall–Kier alpha value is -1.16. The smallest absolute Gasteiger partial charge is 0.119 e. The Labute approximate surface area is 106 Å². The molecule has 1 aliphatic rings. The quantitative estimate of drug-likeness (QED) is 0.497. The lowest BCUT2D eigenvalue weighted by atomic mass is 10.1. The fourth-order valence-corrected chi connectivity index (χ4v) is 2.44. The molecule has 0 atom stereocenters. The SMILES string of the molecule is CSCCCOc1ccc2c(c1)CC/C2=N\O. The first-order valence-electron chi connectivity index (χ1n) is 5.81. The highest BCUT2D eigenvalue weighted by atomic mass is 32.2. The average molecular weight is 251 g/mol. The molecule has 0 unspecified atom stereocenters. The molecule has 3 nitrogen and oxygen atoms in total. The van der Waals surface area contributed by atoms with Crippen LogP contribution >= 0.6 is 11.8 Å². The summed E-state index contributed by atoms with van der Waals surface area (Å²) in [5, 5.41) is 12.2. The van der Waals surface area contributed by atoms with Gasteiger partial charge in [0.15, 0.2) is 0 Å². The van der Waals surface area contributed by atoms with Gasteiger partial charge in [0.2, 0.25) is 0 Å². The van der Waals surface area contributed by atoms with Gasteiger partial charge in [-0.05, 0) is 55.0 Å². The van der Waals surface area contributed by atoms with Gasteiger partial charge in [0, 0.05) is 5.56 Å². The number of hydrogen-bond donors (Lipinski definition) is 1. The third kappa shape index (κ3) is 2.94. The Morgan fingerprint density at radius 1 is 1.41 bits per heavy atom. The molecule has 1 aliphatic carbocycles. The molecule has 1 aromatic carbocycles. The lowest BCUT2D eigenvalue weighted by Gasteiger charge is -2.07. The number of thioether (sulfide) groups is 1. The second-order valence-electron chi connectivity index (χ2n) is 4.06. The van der Waals surface area contributed by atoms with Crippen molar-refractivity contribution in [3.63, 3.8) is 0 Å². The largest absolute Gasteiger partial charge is 0.494 e. The first-order valence-corrected chi connectivity index (χ1v) is 7.20. The van der Waals surface area contributed by atoms with Crippen LogP contribution in [0.3, 0.4) is 0 Å². The van der Waals surface area contributed by atoms with Crippen LogP contribution in [0.25, 0.3) is 0 Å². The summed E-state index contributed by atoms with van der Waals surface area (Å²) in [4.78, 5) is 0. The van der Waals surface area contributed by atoms with Gasteiger partial charge in [-0.15, -0.1) is 0 Å². The van der Waals surface area contributed by atoms with E-state index in [4.69, 9.17) is 9.94 Å². The van der Waals surface area contributed by atoms with Gasteiger partial charge in [0.05, 0.1) is 12.3 Å². The summed E-state index contributed by atoms with van der Waals surface area (Å²) < 4.78 is 5.69. The molecular weight excluding hydrogens is 234 g/mol. The van der Waals surface area contributed by atoms with Crippen molar-refractivity contribution in [2.24, 2.45) is 5.16 Å². The number of nitrogens with zero attached hydrogens (tertiary/aromatic N) is 1. The topological polar surface area (TPSA) is 41.8 Å². The molecule has 0 fully saturated rings. The van der Waals surface area contributed by atoms with Crippen LogP contribution in [0.4, 0.5) is 0 Å². The number of rotatable bonds is 5. The molecule has 0 bridgehead atoms. The highest BCUT2D eigenvalue weighted by molar-refractivity contribution is 7.98. The van der Waals surface area contributed by atoms with Crippen LogP contribution in [0, 0.1) is 0 Å². The number of fused-ring (bicyclic) bond motifs is 1. The van der Waals surface area contributed by atoms with Crippen molar-refractivity contribution in [1.29, 1.82) is 0 Å². The first-order chi connectivity index (χ1) is 8.35. The van der Waals surface area contributed by atoms with E-state index in [2.05, 4.69) is 17.5 Å². The van der Waals surface area contributed by atoms with Gasteiger partial charge in [0.25, 0.3) is 0 Å². The molecular formula is C13H17NO2S. The second-order valence-corrected chi connectivity index (χ2v) is 5.05. The van der Waals surface area contributed by atoms with Gasteiger partial charge in [-0.1, -0.05) is 5.16 Å². The first kappa shape index (κ1) is 12.3. The molecule has 0 spiro atoms. The van der Waals surface area contributed by atoms with Gasteiger partial charge in [-0.2, -0.15) is 11.8 Å². The number of ether oxygens (including phenoxy) is 1. The fraction of sp³-hybridized carbons (Fsp3) is 0.462. The van der Waals surface area contributed by atoms with Crippen LogP contribution < -0.4 is 4.74 Å². The van der Waals surface area contributed by atoms with Crippen molar-refractivity contribution in [3.8, 4) is 5.75 Å². The van der Waals surface area contributed by atoms with Crippen molar-refractivity contribution >= 4 is 17.5 Å². The van der Waals surface area contributed by atoms with Gasteiger partial charge >= 0.3 is 0 Å². The Balaban J connectivity index is 1.98. The molecule has 1 N–H and O–H groups in total. The average Bonchev–Trinajstić information content (AvgIpc) is 2.77. The minimum atomic E-state index is 0.764. The molecule has 17 heavy (non-hydrogen) atoms. The maximum Gasteiger partial charge on any atom is 0.119 e. The van der Waals surface area contributed by atoms with E-state index in [1.807, 2.05) is 23.9 Å². The zero-order valence-corrected chi connectivity index (χ0v) is 10.8. The van der Waals surface area contributed by atoms with Crippen LogP contribution in [-0.2, 0) is 6.42 Å². The molecule has 0 amide bonds. The third-order valence-electron chi connectivity index (χ3n) is 2.90.